The minimum absolute atomic E-state index is 0.0454. The molecule has 1 aliphatic rings. The van der Waals surface area contributed by atoms with E-state index < -0.39 is 0 Å². The first kappa shape index (κ1) is 6.33. The van der Waals surface area contributed by atoms with E-state index in [1.54, 1.807) is 6.92 Å². The second-order valence-corrected chi connectivity index (χ2v) is 2.44. The van der Waals surface area contributed by atoms with Gasteiger partial charge < -0.3 is 5.32 Å². The molecule has 1 N–H and O–H groups in total. The minimum atomic E-state index is 0.0454. The summed E-state index contributed by atoms with van der Waals surface area (Å²) in [5.41, 5.74) is 2.45. The van der Waals surface area contributed by atoms with E-state index in [0.717, 1.165) is 18.5 Å². The van der Waals surface area contributed by atoms with Crippen LogP contribution in [0, 0.1) is 0 Å². The summed E-state index contributed by atoms with van der Waals surface area (Å²) >= 11 is 0. The average Bonchev–Trinajstić information content (AvgIpc) is 1.79. The lowest BCUT2D eigenvalue weighted by atomic mass is 9.96. The summed E-state index contributed by atoms with van der Waals surface area (Å²) in [7, 11) is 0. The molecule has 0 heterocycles. The van der Waals surface area contributed by atoms with E-state index in [0.29, 0.717) is 0 Å². The lowest BCUT2D eigenvalue weighted by Gasteiger charge is -2.20. The van der Waals surface area contributed by atoms with Crippen LogP contribution in [0.4, 0.5) is 0 Å². The second kappa shape index (κ2) is 2.21. The molecule has 0 saturated heterocycles. The normalized spacial score (nSPS) is 17.1. The number of carbonyl (C=O) groups is 1. The van der Waals surface area contributed by atoms with Crippen molar-refractivity contribution in [1.29, 1.82) is 0 Å². The third-order valence-electron chi connectivity index (χ3n) is 1.59. The topological polar surface area (TPSA) is 29.1 Å². The maximum absolute atomic E-state index is 10.4. The Morgan fingerprint density at radius 3 is 2.33 bits per heavy atom. The zero-order valence-electron chi connectivity index (χ0n) is 5.82. The molecule has 1 amide bonds. The van der Waals surface area contributed by atoms with Crippen molar-refractivity contribution in [2.75, 3.05) is 0 Å². The van der Waals surface area contributed by atoms with E-state index in [-0.39, 0.29) is 5.91 Å². The Morgan fingerprint density at radius 1 is 1.56 bits per heavy atom. The number of carbonyl (C=O) groups excluding carboxylic acids is 1. The molecule has 2 heteroatoms. The Balaban J connectivity index is 2.46. The van der Waals surface area contributed by atoms with Gasteiger partial charge in [0.25, 0.3) is 0 Å². The van der Waals surface area contributed by atoms with Gasteiger partial charge in [0, 0.05) is 12.6 Å². The average molecular weight is 125 g/mol. The van der Waals surface area contributed by atoms with Crippen molar-refractivity contribution >= 4 is 5.91 Å². The van der Waals surface area contributed by atoms with Gasteiger partial charge in [0.05, 0.1) is 0 Å². The maximum Gasteiger partial charge on any atom is 0.220 e. The predicted molar refractivity (Wildman–Crippen MR) is 35.8 cm³/mol. The van der Waals surface area contributed by atoms with Crippen molar-refractivity contribution in [3.63, 3.8) is 0 Å². The van der Waals surface area contributed by atoms with Gasteiger partial charge in [-0.1, -0.05) is 5.57 Å². The summed E-state index contributed by atoms with van der Waals surface area (Å²) in [6.07, 6.45) is 2.20. The molecule has 0 spiro atoms. The lowest BCUT2D eigenvalue weighted by Crippen LogP contribution is -2.24. The zero-order chi connectivity index (χ0) is 6.85. The molecule has 0 aromatic carbocycles. The standard InChI is InChI=1S/C7H11NO/c1-5-3-4-7(5)8-6(2)9/h3-4H2,1-2H3,(H,8,9). The molecule has 1 rings (SSSR count). The molecule has 0 fully saturated rings. The molecule has 9 heavy (non-hydrogen) atoms. The minimum Gasteiger partial charge on any atom is -0.330 e. The van der Waals surface area contributed by atoms with Gasteiger partial charge in [-0.2, -0.15) is 0 Å². The van der Waals surface area contributed by atoms with E-state index in [4.69, 9.17) is 0 Å². The third-order valence-corrected chi connectivity index (χ3v) is 1.59. The first-order chi connectivity index (χ1) is 4.20. The Bertz CT molecular complexity index is 170. The van der Waals surface area contributed by atoms with Gasteiger partial charge in [-0.3, -0.25) is 4.79 Å². The van der Waals surface area contributed by atoms with Crippen molar-refractivity contribution in [3.05, 3.63) is 11.3 Å². The van der Waals surface area contributed by atoms with Crippen molar-refractivity contribution in [1.82, 2.24) is 5.32 Å². The molecule has 0 aromatic heterocycles. The quantitative estimate of drug-likeness (QED) is 0.560. The van der Waals surface area contributed by atoms with Gasteiger partial charge in [-0.15, -0.1) is 0 Å². The molecular weight excluding hydrogens is 114 g/mol. The van der Waals surface area contributed by atoms with Crippen molar-refractivity contribution in [3.8, 4) is 0 Å². The summed E-state index contributed by atoms with van der Waals surface area (Å²) in [6.45, 7) is 3.59. The van der Waals surface area contributed by atoms with Crippen LogP contribution in [0.2, 0.25) is 0 Å². The summed E-state index contributed by atoms with van der Waals surface area (Å²) in [5.74, 6) is 0.0454. The van der Waals surface area contributed by atoms with Gasteiger partial charge in [-0.05, 0) is 19.8 Å². The highest BCUT2D eigenvalue weighted by Gasteiger charge is 2.12. The molecule has 2 nitrogen and oxygen atoms in total. The summed E-state index contributed by atoms with van der Waals surface area (Å²) in [6, 6.07) is 0. The highest BCUT2D eigenvalue weighted by atomic mass is 16.1. The van der Waals surface area contributed by atoms with Crippen LogP contribution < -0.4 is 5.32 Å². The molecule has 0 saturated carbocycles. The summed E-state index contributed by atoms with van der Waals surface area (Å²) < 4.78 is 0. The van der Waals surface area contributed by atoms with Crippen LogP contribution in [0.15, 0.2) is 11.3 Å². The van der Waals surface area contributed by atoms with Gasteiger partial charge >= 0.3 is 0 Å². The van der Waals surface area contributed by atoms with Crippen LogP contribution in [0.1, 0.15) is 26.7 Å². The van der Waals surface area contributed by atoms with Crippen LogP contribution in [-0.4, -0.2) is 5.91 Å². The summed E-state index contributed by atoms with van der Waals surface area (Å²) in [5, 5.41) is 2.77. The first-order valence-electron chi connectivity index (χ1n) is 3.16. The Kier molecular flexibility index (Phi) is 1.56. The lowest BCUT2D eigenvalue weighted by molar-refractivity contribution is -0.118. The van der Waals surface area contributed by atoms with Crippen LogP contribution >= 0.6 is 0 Å². The fraction of sp³-hybridized carbons (Fsp3) is 0.571. The number of amides is 1. The van der Waals surface area contributed by atoms with Crippen LogP contribution in [0.3, 0.4) is 0 Å². The van der Waals surface area contributed by atoms with Crippen LogP contribution in [0.5, 0.6) is 0 Å². The van der Waals surface area contributed by atoms with E-state index in [1.807, 2.05) is 0 Å². The number of hydrogen-bond donors (Lipinski definition) is 1. The largest absolute Gasteiger partial charge is 0.330 e. The van der Waals surface area contributed by atoms with Gasteiger partial charge in [0.1, 0.15) is 0 Å². The molecule has 0 radical (unpaired) electrons. The second-order valence-electron chi connectivity index (χ2n) is 2.44. The van der Waals surface area contributed by atoms with E-state index in [9.17, 15) is 4.79 Å². The van der Waals surface area contributed by atoms with E-state index >= 15 is 0 Å². The molecule has 0 bridgehead atoms. The van der Waals surface area contributed by atoms with E-state index in [1.165, 1.54) is 5.57 Å². The molecule has 1 aliphatic carbocycles. The Morgan fingerprint density at radius 2 is 2.22 bits per heavy atom. The molecule has 0 unspecified atom stereocenters. The maximum atomic E-state index is 10.4. The monoisotopic (exact) mass is 125 g/mol. The number of hydrogen-bond acceptors (Lipinski definition) is 1. The van der Waals surface area contributed by atoms with Crippen LogP contribution in [0.25, 0.3) is 0 Å². The fourth-order valence-corrected chi connectivity index (χ4v) is 0.882. The SMILES string of the molecule is CC(=O)NC1=C(C)CC1. The highest BCUT2D eigenvalue weighted by Crippen LogP contribution is 2.23. The predicted octanol–water partition coefficient (Wildman–Crippen LogP) is 1.19. The van der Waals surface area contributed by atoms with E-state index in [2.05, 4.69) is 12.2 Å². The molecule has 0 aliphatic heterocycles. The first-order valence-corrected chi connectivity index (χ1v) is 3.16. The fourth-order valence-electron chi connectivity index (χ4n) is 0.882. The van der Waals surface area contributed by atoms with Crippen molar-refractivity contribution < 1.29 is 4.79 Å². The van der Waals surface area contributed by atoms with Crippen LogP contribution in [-0.2, 0) is 4.79 Å². The summed E-state index contributed by atoms with van der Waals surface area (Å²) in [4.78, 5) is 10.4. The molecular formula is C7H11NO. The Hall–Kier alpha value is -0.790. The number of rotatable bonds is 1. The van der Waals surface area contributed by atoms with Crippen molar-refractivity contribution in [2.24, 2.45) is 0 Å². The molecule has 0 atom stereocenters. The van der Waals surface area contributed by atoms with Gasteiger partial charge in [-0.25, -0.2) is 0 Å². The smallest absolute Gasteiger partial charge is 0.220 e. The molecule has 0 aromatic rings. The Labute approximate surface area is 54.9 Å². The van der Waals surface area contributed by atoms with Crippen molar-refractivity contribution in [2.45, 2.75) is 26.7 Å². The highest BCUT2D eigenvalue weighted by molar-refractivity contribution is 5.75. The van der Waals surface area contributed by atoms with Gasteiger partial charge in [0.15, 0.2) is 0 Å². The zero-order valence-corrected chi connectivity index (χ0v) is 5.82. The third kappa shape index (κ3) is 1.31. The molecule has 50 valence electrons. The van der Waals surface area contributed by atoms with Gasteiger partial charge in [0.2, 0.25) is 5.91 Å². The number of nitrogens with one attached hydrogen (secondary N) is 1. The number of allylic oxidation sites excluding steroid dienone is 2.